The van der Waals surface area contributed by atoms with Crippen LogP contribution in [0.4, 0.5) is 0 Å². The molecule has 0 atom stereocenters. The van der Waals surface area contributed by atoms with Crippen LogP contribution in [0.5, 0.6) is 0 Å². The van der Waals surface area contributed by atoms with Crippen LogP contribution in [0.1, 0.15) is 5.56 Å². The van der Waals surface area contributed by atoms with E-state index in [9.17, 15) is 8.42 Å². The number of rotatable bonds is 2. The van der Waals surface area contributed by atoms with Crippen LogP contribution >= 0.6 is 22.6 Å². The van der Waals surface area contributed by atoms with E-state index in [1.165, 1.54) is 3.97 Å². The molecule has 20 heavy (non-hydrogen) atoms. The van der Waals surface area contributed by atoms with E-state index in [1.807, 2.05) is 25.1 Å². The molecule has 0 bridgehead atoms. The molecule has 0 aliphatic heterocycles. The molecule has 0 radical (unpaired) electrons. The zero-order valence-electron chi connectivity index (χ0n) is 10.7. The second-order valence-electron chi connectivity index (χ2n) is 4.61. The van der Waals surface area contributed by atoms with Gasteiger partial charge < -0.3 is 0 Å². The summed E-state index contributed by atoms with van der Waals surface area (Å²) in [5.74, 6) is 0. The average molecular weight is 397 g/mol. The predicted molar refractivity (Wildman–Crippen MR) is 88.4 cm³/mol. The van der Waals surface area contributed by atoms with Gasteiger partial charge in [0.1, 0.15) is 0 Å². The van der Waals surface area contributed by atoms with Crippen molar-refractivity contribution in [2.24, 2.45) is 0 Å². The topological polar surface area (TPSA) is 39.1 Å². The number of nitrogens with zero attached hydrogens (tertiary/aromatic N) is 1. The van der Waals surface area contributed by atoms with Crippen molar-refractivity contribution >= 4 is 43.5 Å². The molecule has 0 saturated heterocycles. The van der Waals surface area contributed by atoms with Crippen LogP contribution in [-0.4, -0.2) is 12.4 Å². The van der Waals surface area contributed by atoms with Gasteiger partial charge in [0.25, 0.3) is 10.0 Å². The van der Waals surface area contributed by atoms with Crippen molar-refractivity contribution < 1.29 is 8.42 Å². The van der Waals surface area contributed by atoms with E-state index in [-0.39, 0.29) is 0 Å². The lowest BCUT2D eigenvalue weighted by Crippen LogP contribution is -2.11. The molecule has 3 nitrogen and oxygen atoms in total. The largest absolute Gasteiger partial charge is 0.268 e. The van der Waals surface area contributed by atoms with Crippen LogP contribution in [0.3, 0.4) is 0 Å². The molecule has 3 aromatic rings. The highest BCUT2D eigenvalue weighted by molar-refractivity contribution is 14.1. The smallest absolute Gasteiger partial charge is 0.240 e. The van der Waals surface area contributed by atoms with Crippen LogP contribution in [0.2, 0.25) is 0 Å². The fourth-order valence-electron chi connectivity index (χ4n) is 2.18. The summed E-state index contributed by atoms with van der Waals surface area (Å²) >= 11 is 2.17. The van der Waals surface area contributed by atoms with Crippen molar-refractivity contribution in [3.05, 3.63) is 63.9 Å². The summed E-state index contributed by atoms with van der Waals surface area (Å²) in [5.41, 5.74) is 1.83. The summed E-state index contributed by atoms with van der Waals surface area (Å²) in [6, 6.07) is 14.3. The summed E-state index contributed by atoms with van der Waals surface area (Å²) in [7, 11) is -3.55. The first-order chi connectivity index (χ1) is 9.50. The third-order valence-corrected chi connectivity index (χ3v) is 5.72. The number of aromatic nitrogens is 1. The Morgan fingerprint density at radius 1 is 1.05 bits per heavy atom. The van der Waals surface area contributed by atoms with Gasteiger partial charge >= 0.3 is 0 Å². The highest BCUT2D eigenvalue weighted by Gasteiger charge is 2.20. The molecule has 102 valence electrons. The molecule has 5 heteroatoms. The zero-order chi connectivity index (χ0) is 14.3. The van der Waals surface area contributed by atoms with Gasteiger partial charge in [0.2, 0.25) is 0 Å². The Balaban J connectivity index is 2.31. The molecule has 1 heterocycles. The minimum Gasteiger partial charge on any atom is -0.240 e. The summed E-state index contributed by atoms with van der Waals surface area (Å²) in [5, 5.41) is 0.963. The molecule has 1 aromatic heterocycles. The van der Waals surface area contributed by atoms with Crippen molar-refractivity contribution in [1.82, 2.24) is 3.97 Å². The maximum atomic E-state index is 12.7. The van der Waals surface area contributed by atoms with E-state index in [4.69, 9.17) is 0 Å². The maximum absolute atomic E-state index is 12.7. The summed E-state index contributed by atoms with van der Waals surface area (Å²) in [6.45, 7) is 2.00. The lowest BCUT2D eigenvalue weighted by molar-refractivity contribution is 0.589. The fourth-order valence-corrected chi connectivity index (χ4v) is 4.47. The van der Waals surface area contributed by atoms with Crippen molar-refractivity contribution in [3.63, 3.8) is 0 Å². The molecule has 0 amide bonds. The van der Waals surface area contributed by atoms with Crippen LogP contribution in [-0.2, 0) is 10.0 Å². The van der Waals surface area contributed by atoms with Crippen LogP contribution in [0.25, 0.3) is 10.9 Å². The highest BCUT2D eigenvalue weighted by atomic mass is 127. The number of halogens is 1. The number of hydrogen-bond donors (Lipinski definition) is 0. The molecule has 0 saturated carbocycles. The van der Waals surface area contributed by atoms with Crippen LogP contribution < -0.4 is 0 Å². The Kier molecular flexibility index (Phi) is 3.33. The van der Waals surface area contributed by atoms with Gasteiger partial charge in [0.15, 0.2) is 0 Å². The van der Waals surface area contributed by atoms with Gasteiger partial charge in [0.05, 0.1) is 10.4 Å². The Morgan fingerprint density at radius 3 is 2.45 bits per heavy atom. The molecular weight excluding hydrogens is 385 g/mol. The number of fused-ring (bicyclic) bond motifs is 1. The number of aryl methyl sites for hydroxylation is 1. The van der Waals surface area contributed by atoms with E-state index in [1.54, 1.807) is 36.5 Å². The second-order valence-corrected chi connectivity index (χ2v) is 7.59. The van der Waals surface area contributed by atoms with E-state index in [2.05, 4.69) is 22.6 Å². The van der Waals surface area contributed by atoms with Crippen molar-refractivity contribution in [2.75, 3.05) is 0 Å². The fraction of sp³-hybridized carbons (Fsp3) is 0.0667. The normalized spacial score (nSPS) is 11.9. The van der Waals surface area contributed by atoms with Gasteiger partial charge in [-0.05, 0) is 53.8 Å². The predicted octanol–water partition coefficient (Wildman–Crippen LogP) is 3.79. The Bertz CT molecular complexity index is 883. The molecule has 0 unspecified atom stereocenters. The lowest BCUT2D eigenvalue weighted by atomic mass is 10.2. The van der Waals surface area contributed by atoms with E-state index < -0.39 is 10.0 Å². The van der Waals surface area contributed by atoms with Crippen molar-refractivity contribution in [1.29, 1.82) is 0 Å². The standard InChI is InChI=1S/C15H12INO2S/c1-11-7-8-15-13(9-11)14(16)10-17(15)20(18,19)12-5-3-2-4-6-12/h2-10H,1H3. The average Bonchev–Trinajstić information content (AvgIpc) is 2.77. The molecule has 0 N–H and O–H groups in total. The van der Waals surface area contributed by atoms with Gasteiger partial charge in [-0.1, -0.05) is 29.8 Å². The van der Waals surface area contributed by atoms with Crippen LogP contribution in [0.15, 0.2) is 59.6 Å². The Hall–Kier alpha value is -1.34. The quantitative estimate of drug-likeness (QED) is 0.618. The number of hydrogen-bond acceptors (Lipinski definition) is 2. The molecule has 0 fully saturated rings. The summed E-state index contributed by atoms with van der Waals surface area (Å²) in [6.07, 6.45) is 1.67. The van der Waals surface area contributed by atoms with Gasteiger partial charge in [-0.25, -0.2) is 12.4 Å². The van der Waals surface area contributed by atoms with Gasteiger partial charge in [-0.2, -0.15) is 0 Å². The van der Waals surface area contributed by atoms with E-state index in [0.29, 0.717) is 10.4 Å². The minimum absolute atomic E-state index is 0.300. The molecule has 0 spiro atoms. The lowest BCUT2D eigenvalue weighted by Gasteiger charge is -2.07. The molecule has 0 aliphatic carbocycles. The Labute approximate surface area is 131 Å². The second kappa shape index (κ2) is 4.89. The molecule has 0 aliphatic rings. The first-order valence-corrected chi connectivity index (χ1v) is 8.60. The van der Waals surface area contributed by atoms with Gasteiger partial charge in [0, 0.05) is 15.2 Å². The van der Waals surface area contributed by atoms with Crippen molar-refractivity contribution in [2.45, 2.75) is 11.8 Å². The molecule has 2 aromatic carbocycles. The summed E-state index contributed by atoms with van der Waals surface area (Å²) < 4.78 is 27.7. The zero-order valence-corrected chi connectivity index (χ0v) is 13.7. The minimum atomic E-state index is -3.55. The van der Waals surface area contributed by atoms with Crippen molar-refractivity contribution in [3.8, 4) is 0 Å². The first-order valence-electron chi connectivity index (χ1n) is 6.08. The first kappa shape index (κ1) is 13.6. The van der Waals surface area contributed by atoms with Gasteiger partial charge in [-0.3, -0.25) is 0 Å². The third kappa shape index (κ3) is 2.14. The molecule has 3 rings (SSSR count). The summed E-state index contributed by atoms with van der Waals surface area (Å²) in [4.78, 5) is 0.300. The number of benzene rings is 2. The van der Waals surface area contributed by atoms with Gasteiger partial charge in [-0.15, -0.1) is 0 Å². The third-order valence-electron chi connectivity index (χ3n) is 3.18. The highest BCUT2D eigenvalue weighted by Crippen LogP contribution is 2.27. The van der Waals surface area contributed by atoms with E-state index >= 15 is 0 Å². The molecular formula is C15H12INO2S. The maximum Gasteiger partial charge on any atom is 0.268 e. The monoisotopic (exact) mass is 397 g/mol. The van der Waals surface area contributed by atoms with E-state index in [0.717, 1.165) is 14.5 Å². The Morgan fingerprint density at radius 2 is 1.75 bits per heavy atom. The SMILES string of the molecule is Cc1ccc2c(c1)c(I)cn2S(=O)(=O)c1ccccc1. The van der Waals surface area contributed by atoms with Crippen LogP contribution in [0, 0.1) is 10.5 Å².